The second-order valence-corrected chi connectivity index (χ2v) is 5.47. The summed E-state index contributed by atoms with van der Waals surface area (Å²) in [5.74, 6) is -0.504. The molecule has 3 rings (SSSR count). The minimum Gasteiger partial charge on any atom is -0.391 e. The van der Waals surface area contributed by atoms with Crippen LogP contribution in [0.1, 0.15) is 12.8 Å². The number of piperidine rings is 1. The molecule has 0 saturated carbocycles. The zero-order valence-electron chi connectivity index (χ0n) is 11.3. The predicted molar refractivity (Wildman–Crippen MR) is 79.9 cm³/mol. The fourth-order valence-corrected chi connectivity index (χ4v) is 2.72. The number of nitrogens with zero attached hydrogens (tertiary/aromatic N) is 3. The number of aliphatic hydroxyl groups is 1. The monoisotopic (exact) mass is 307 g/mol. The highest BCUT2D eigenvalue weighted by Gasteiger charge is 2.18. The van der Waals surface area contributed by atoms with Crippen molar-refractivity contribution in [3.63, 3.8) is 0 Å². The van der Waals surface area contributed by atoms with E-state index in [4.69, 9.17) is 11.6 Å². The summed E-state index contributed by atoms with van der Waals surface area (Å²) in [7, 11) is 0. The zero-order valence-corrected chi connectivity index (χ0v) is 12.1. The van der Waals surface area contributed by atoms with Crippen LogP contribution in [0.4, 0.5) is 10.1 Å². The number of hydrogen-bond acceptors (Lipinski definition) is 4. The van der Waals surface area contributed by atoms with Gasteiger partial charge in [0.25, 0.3) is 0 Å². The van der Waals surface area contributed by atoms with E-state index in [0.717, 1.165) is 31.3 Å². The van der Waals surface area contributed by atoms with Crippen LogP contribution in [0.25, 0.3) is 11.3 Å². The topological polar surface area (TPSA) is 49.2 Å². The number of aliphatic hydroxyl groups excluding tert-OH is 1. The molecule has 110 valence electrons. The summed E-state index contributed by atoms with van der Waals surface area (Å²) in [4.78, 5) is 9.67. The molecule has 2 heterocycles. The molecule has 1 aliphatic rings. The van der Waals surface area contributed by atoms with Crippen molar-refractivity contribution in [2.24, 2.45) is 0 Å². The summed E-state index contributed by atoms with van der Waals surface area (Å²) in [6.07, 6.45) is 2.53. The van der Waals surface area contributed by atoms with E-state index in [1.54, 1.807) is 6.07 Å². The number of benzene rings is 1. The van der Waals surface area contributed by atoms with E-state index in [-0.39, 0.29) is 17.1 Å². The average molecular weight is 308 g/mol. The van der Waals surface area contributed by atoms with Crippen molar-refractivity contribution in [2.45, 2.75) is 18.9 Å². The van der Waals surface area contributed by atoms with Gasteiger partial charge in [-0.2, -0.15) is 0 Å². The fraction of sp³-hybridized carbons (Fsp3) is 0.333. The minimum absolute atomic E-state index is 0.0187. The van der Waals surface area contributed by atoms with Gasteiger partial charge >= 0.3 is 0 Å². The lowest BCUT2D eigenvalue weighted by atomic mass is 10.1. The molecule has 6 heteroatoms. The van der Waals surface area contributed by atoms with E-state index in [0.29, 0.717) is 12.1 Å². The van der Waals surface area contributed by atoms with Crippen LogP contribution in [0.3, 0.4) is 0 Å². The van der Waals surface area contributed by atoms with Gasteiger partial charge in [0.1, 0.15) is 5.69 Å². The quantitative estimate of drug-likeness (QED) is 0.867. The van der Waals surface area contributed by atoms with Crippen LogP contribution in [0.5, 0.6) is 0 Å². The lowest BCUT2D eigenvalue weighted by Crippen LogP contribution is -2.38. The summed E-state index contributed by atoms with van der Waals surface area (Å²) in [6.45, 7) is 1.48. The fourth-order valence-electron chi connectivity index (χ4n) is 2.59. The van der Waals surface area contributed by atoms with Crippen molar-refractivity contribution in [3.8, 4) is 11.3 Å². The van der Waals surface area contributed by atoms with E-state index in [2.05, 4.69) is 14.9 Å². The number of halogens is 2. The second kappa shape index (κ2) is 5.95. The molecule has 2 aromatic rings. The Kier molecular flexibility index (Phi) is 4.03. The van der Waals surface area contributed by atoms with Crippen LogP contribution in [-0.4, -0.2) is 34.3 Å². The molecular formula is C15H15ClFN3O. The van der Waals surface area contributed by atoms with Gasteiger partial charge in [0.05, 0.1) is 12.3 Å². The molecular weight excluding hydrogens is 293 g/mol. The van der Waals surface area contributed by atoms with Crippen molar-refractivity contribution < 1.29 is 9.50 Å². The van der Waals surface area contributed by atoms with E-state index < -0.39 is 5.82 Å². The van der Waals surface area contributed by atoms with Crippen molar-refractivity contribution in [3.05, 3.63) is 41.6 Å². The van der Waals surface area contributed by atoms with Crippen molar-refractivity contribution >= 4 is 17.3 Å². The molecule has 1 fully saturated rings. The Morgan fingerprint density at radius 3 is 3.05 bits per heavy atom. The molecule has 0 radical (unpaired) electrons. The zero-order chi connectivity index (χ0) is 14.8. The van der Waals surface area contributed by atoms with E-state index in [1.165, 1.54) is 0 Å². The maximum absolute atomic E-state index is 13.9. The molecule has 4 nitrogen and oxygen atoms in total. The van der Waals surface area contributed by atoms with Crippen LogP contribution in [-0.2, 0) is 0 Å². The second-order valence-electron chi connectivity index (χ2n) is 5.13. The first-order valence-electron chi connectivity index (χ1n) is 6.85. The van der Waals surface area contributed by atoms with Gasteiger partial charge in [0.2, 0.25) is 5.28 Å². The van der Waals surface area contributed by atoms with Gasteiger partial charge in [-0.25, -0.2) is 14.4 Å². The van der Waals surface area contributed by atoms with Crippen molar-refractivity contribution in [1.29, 1.82) is 0 Å². The summed E-state index contributed by atoms with van der Waals surface area (Å²) in [6, 6.07) is 7.44. The molecule has 1 saturated heterocycles. The molecule has 1 aromatic carbocycles. The van der Waals surface area contributed by atoms with E-state index >= 15 is 0 Å². The lowest BCUT2D eigenvalue weighted by molar-refractivity contribution is 0.154. The number of rotatable bonds is 2. The third-order valence-electron chi connectivity index (χ3n) is 3.60. The van der Waals surface area contributed by atoms with Gasteiger partial charge < -0.3 is 10.0 Å². The number of β-amino-alcohol motifs (C(OH)–C–C–N with tert-alkyl or cyclic N) is 1. The molecule has 0 bridgehead atoms. The SMILES string of the molecule is OC1CCCN(c2cccc(-c3nc(Cl)ncc3F)c2)C1. The first-order chi connectivity index (χ1) is 10.1. The molecule has 0 aliphatic carbocycles. The molecule has 1 atom stereocenters. The van der Waals surface area contributed by atoms with Gasteiger partial charge in [-0.05, 0) is 36.6 Å². The van der Waals surface area contributed by atoms with Crippen molar-refractivity contribution in [1.82, 2.24) is 9.97 Å². The first-order valence-corrected chi connectivity index (χ1v) is 7.23. The molecule has 1 N–H and O–H groups in total. The molecule has 0 spiro atoms. The minimum atomic E-state index is -0.504. The standard InChI is InChI=1S/C15H15ClFN3O/c16-15-18-8-13(17)14(19-15)10-3-1-4-11(7-10)20-6-2-5-12(21)9-20/h1,3-4,7-8,12,21H,2,5-6,9H2. The number of anilines is 1. The Labute approximate surface area is 127 Å². The van der Waals surface area contributed by atoms with Crippen LogP contribution in [0.2, 0.25) is 5.28 Å². The molecule has 1 aliphatic heterocycles. The Morgan fingerprint density at radius 1 is 1.38 bits per heavy atom. The van der Waals surface area contributed by atoms with Gasteiger partial charge in [-0.1, -0.05) is 12.1 Å². The number of aromatic nitrogens is 2. The first kappa shape index (κ1) is 14.2. The third kappa shape index (κ3) is 3.14. The summed E-state index contributed by atoms with van der Waals surface area (Å²) in [5.41, 5.74) is 1.78. The predicted octanol–water partition coefficient (Wildman–Crippen LogP) is 2.90. The third-order valence-corrected chi connectivity index (χ3v) is 3.78. The largest absolute Gasteiger partial charge is 0.391 e. The van der Waals surface area contributed by atoms with Gasteiger partial charge in [0.15, 0.2) is 5.82 Å². The number of hydrogen-bond donors (Lipinski definition) is 1. The summed E-state index contributed by atoms with van der Waals surface area (Å²) in [5, 5.41) is 9.79. The van der Waals surface area contributed by atoms with Crippen molar-refractivity contribution in [2.75, 3.05) is 18.0 Å². The molecule has 0 amide bonds. The highest BCUT2D eigenvalue weighted by molar-refractivity contribution is 6.28. The maximum Gasteiger partial charge on any atom is 0.223 e. The lowest BCUT2D eigenvalue weighted by Gasteiger charge is -2.32. The Morgan fingerprint density at radius 2 is 2.24 bits per heavy atom. The van der Waals surface area contributed by atoms with E-state index in [1.807, 2.05) is 18.2 Å². The highest BCUT2D eigenvalue weighted by atomic mass is 35.5. The van der Waals surface area contributed by atoms with E-state index in [9.17, 15) is 9.50 Å². The van der Waals surface area contributed by atoms with Crippen LogP contribution >= 0.6 is 11.6 Å². The van der Waals surface area contributed by atoms with Gasteiger partial charge in [-0.15, -0.1) is 0 Å². The maximum atomic E-state index is 13.9. The molecule has 1 aromatic heterocycles. The van der Waals surface area contributed by atoms with Gasteiger partial charge in [0, 0.05) is 24.3 Å². The normalized spacial score (nSPS) is 18.8. The average Bonchev–Trinajstić information content (AvgIpc) is 2.50. The Balaban J connectivity index is 1.94. The molecule has 1 unspecified atom stereocenters. The Bertz CT molecular complexity index is 653. The van der Waals surface area contributed by atoms with Gasteiger partial charge in [-0.3, -0.25) is 0 Å². The highest BCUT2D eigenvalue weighted by Crippen LogP contribution is 2.27. The van der Waals surface area contributed by atoms with Crippen LogP contribution in [0.15, 0.2) is 30.5 Å². The smallest absolute Gasteiger partial charge is 0.223 e. The summed E-state index contributed by atoms with van der Waals surface area (Å²) >= 11 is 5.74. The summed E-state index contributed by atoms with van der Waals surface area (Å²) < 4.78 is 13.9. The van der Waals surface area contributed by atoms with Crippen LogP contribution in [0, 0.1) is 5.82 Å². The Hall–Kier alpha value is -1.72. The molecule has 21 heavy (non-hydrogen) atoms. The van der Waals surface area contributed by atoms with Crippen LogP contribution < -0.4 is 4.90 Å².